The first-order valence-electron chi connectivity index (χ1n) is 14.2. The molecule has 1 aliphatic heterocycles. The second-order valence-electron chi connectivity index (χ2n) is 13.0. The molecule has 4 aromatic rings. The van der Waals surface area contributed by atoms with Gasteiger partial charge in [-0.2, -0.15) is 4.98 Å². The zero-order valence-corrected chi connectivity index (χ0v) is 24.6. The van der Waals surface area contributed by atoms with Gasteiger partial charge in [-0.15, -0.1) is 0 Å². The van der Waals surface area contributed by atoms with Crippen LogP contribution in [0.3, 0.4) is 0 Å². The summed E-state index contributed by atoms with van der Waals surface area (Å²) in [5.41, 5.74) is 3.72. The standard InChI is InChI=1S/C31H37N7O3/c1-30(2,3)24-8-7-9-25(34-24)38-26-23(27(39)37(38)22-12-13-22)17-32-28(35-26)33-21-11-10-19-14-15-36(18-20(19)16-21)29(40)41-31(4,5)6/h7-11,16-17,22H,12-15,18H2,1-6H3,(H,32,33,35). The van der Waals surface area contributed by atoms with Crippen LogP contribution in [0, 0.1) is 0 Å². The molecule has 0 radical (unpaired) electrons. The van der Waals surface area contributed by atoms with Crippen molar-refractivity contribution in [1.82, 2.24) is 29.2 Å². The molecule has 1 saturated carbocycles. The number of carbonyl (C=O) groups excluding carboxylic acids is 1. The molecule has 2 aliphatic rings. The highest BCUT2D eigenvalue weighted by molar-refractivity contribution is 5.77. The molecule has 41 heavy (non-hydrogen) atoms. The van der Waals surface area contributed by atoms with Crippen molar-refractivity contribution in [1.29, 1.82) is 0 Å². The zero-order valence-electron chi connectivity index (χ0n) is 24.6. The van der Waals surface area contributed by atoms with Gasteiger partial charge in [-0.05, 0) is 75.4 Å². The lowest BCUT2D eigenvalue weighted by molar-refractivity contribution is 0.0224. The van der Waals surface area contributed by atoms with Crippen LogP contribution in [0.25, 0.3) is 16.9 Å². The van der Waals surface area contributed by atoms with E-state index < -0.39 is 5.60 Å². The Kier molecular flexibility index (Phi) is 6.39. The first-order valence-corrected chi connectivity index (χ1v) is 14.2. The third kappa shape index (κ3) is 5.42. The van der Waals surface area contributed by atoms with Gasteiger partial charge < -0.3 is 15.0 Å². The minimum atomic E-state index is -0.542. The highest BCUT2D eigenvalue weighted by Gasteiger charge is 2.32. The summed E-state index contributed by atoms with van der Waals surface area (Å²) in [7, 11) is 0. The molecule has 0 unspecified atom stereocenters. The summed E-state index contributed by atoms with van der Waals surface area (Å²) in [6.07, 6.45) is 3.95. The van der Waals surface area contributed by atoms with Crippen LogP contribution in [-0.4, -0.2) is 47.5 Å². The van der Waals surface area contributed by atoms with E-state index in [-0.39, 0.29) is 23.1 Å². The smallest absolute Gasteiger partial charge is 0.410 e. The maximum absolute atomic E-state index is 13.5. The number of anilines is 2. The van der Waals surface area contributed by atoms with Crippen LogP contribution in [0.5, 0.6) is 0 Å². The van der Waals surface area contributed by atoms with Crippen molar-refractivity contribution in [2.45, 2.75) is 84.4 Å². The molecule has 1 N–H and O–H groups in total. The number of pyridine rings is 1. The fourth-order valence-corrected chi connectivity index (χ4v) is 5.13. The number of fused-ring (bicyclic) bond motifs is 2. The monoisotopic (exact) mass is 555 g/mol. The lowest BCUT2D eigenvalue weighted by Crippen LogP contribution is -2.39. The number of rotatable bonds is 4. The summed E-state index contributed by atoms with van der Waals surface area (Å²) in [6, 6.07) is 12.1. The van der Waals surface area contributed by atoms with Crippen LogP contribution in [0.15, 0.2) is 47.4 Å². The molecule has 0 bridgehead atoms. The summed E-state index contributed by atoms with van der Waals surface area (Å²) in [4.78, 5) is 42.1. The Balaban J connectivity index is 1.34. The molecule has 0 atom stereocenters. The number of amides is 1. The van der Waals surface area contributed by atoms with Gasteiger partial charge in [0.25, 0.3) is 5.56 Å². The van der Waals surface area contributed by atoms with Gasteiger partial charge in [0.1, 0.15) is 11.0 Å². The predicted molar refractivity (Wildman–Crippen MR) is 158 cm³/mol. The van der Waals surface area contributed by atoms with Crippen LogP contribution in [0.2, 0.25) is 0 Å². The Hall–Kier alpha value is -4.21. The minimum Gasteiger partial charge on any atom is -0.444 e. The summed E-state index contributed by atoms with van der Waals surface area (Å²) >= 11 is 0. The van der Waals surface area contributed by atoms with Gasteiger partial charge in [-0.25, -0.2) is 24.1 Å². The number of carbonyl (C=O) groups is 1. The average Bonchev–Trinajstić information content (AvgIpc) is 3.70. The molecular weight excluding hydrogens is 518 g/mol. The highest BCUT2D eigenvalue weighted by Crippen LogP contribution is 2.36. The van der Waals surface area contributed by atoms with E-state index in [1.807, 2.05) is 55.8 Å². The number of hydrogen-bond acceptors (Lipinski definition) is 7. The van der Waals surface area contributed by atoms with E-state index in [9.17, 15) is 9.59 Å². The van der Waals surface area contributed by atoms with Gasteiger partial charge in [0.2, 0.25) is 5.95 Å². The van der Waals surface area contributed by atoms with Gasteiger partial charge >= 0.3 is 6.09 Å². The fraction of sp³-hybridized carbons (Fsp3) is 0.452. The molecule has 0 spiro atoms. The van der Waals surface area contributed by atoms with Crippen LogP contribution in [0.4, 0.5) is 16.4 Å². The summed E-state index contributed by atoms with van der Waals surface area (Å²) in [5.74, 6) is 1.04. The van der Waals surface area contributed by atoms with Crippen molar-refractivity contribution in [3.63, 3.8) is 0 Å². The first-order chi connectivity index (χ1) is 19.4. The molecule has 1 fully saturated rings. The molecule has 1 aliphatic carbocycles. The SMILES string of the molecule is CC(C)(C)OC(=O)N1CCc2ccc(Nc3ncc4c(=O)n(C5CC5)n(-c5cccc(C(C)(C)C)n5)c4n3)cc2C1. The summed E-state index contributed by atoms with van der Waals surface area (Å²) < 4.78 is 9.21. The number of aromatic nitrogens is 5. The van der Waals surface area contributed by atoms with Crippen molar-refractivity contribution >= 4 is 28.8 Å². The second kappa shape index (κ2) is 9.71. The van der Waals surface area contributed by atoms with Crippen LogP contribution < -0.4 is 10.9 Å². The lowest BCUT2D eigenvalue weighted by Gasteiger charge is -2.31. The van der Waals surface area contributed by atoms with Crippen molar-refractivity contribution in [3.8, 4) is 5.82 Å². The van der Waals surface area contributed by atoms with Crippen molar-refractivity contribution in [2.75, 3.05) is 11.9 Å². The van der Waals surface area contributed by atoms with Crippen LogP contribution in [0.1, 0.15) is 77.2 Å². The van der Waals surface area contributed by atoms with E-state index in [4.69, 9.17) is 14.7 Å². The van der Waals surface area contributed by atoms with E-state index in [0.29, 0.717) is 35.9 Å². The van der Waals surface area contributed by atoms with E-state index in [2.05, 4.69) is 37.1 Å². The maximum atomic E-state index is 13.5. The quantitative estimate of drug-likeness (QED) is 0.347. The van der Waals surface area contributed by atoms with Crippen LogP contribution in [-0.2, 0) is 23.1 Å². The number of nitrogens with one attached hydrogen (secondary N) is 1. The molecule has 1 aromatic carbocycles. The fourth-order valence-electron chi connectivity index (χ4n) is 5.13. The van der Waals surface area contributed by atoms with E-state index >= 15 is 0 Å². The number of ether oxygens (including phenoxy) is 1. The van der Waals surface area contributed by atoms with Gasteiger partial charge in [0, 0.05) is 36.1 Å². The predicted octanol–water partition coefficient (Wildman–Crippen LogP) is 5.65. The molecule has 10 nitrogen and oxygen atoms in total. The Morgan fingerprint density at radius 2 is 1.80 bits per heavy atom. The van der Waals surface area contributed by atoms with Gasteiger partial charge in [0.15, 0.2) is 11.5 Å². The largest absolute Gasteiger partial charge is 0.444 e. The zero-order chi connectivity index (χ0) is 29.1. The Labute approximate surface area is 239 Å². The number of hydrogen-bond donors (Lipinski definition) is 1. The van der Waals surface area contributed by atoms with Crippen molar-refractivity contribution in [3.05, 3.63) is 69.8 Å². The van der Waals surface area contributed by atoms with Crippen molar-refractivity contribution < 1.29 is 9.53 Å². The van der Waals surface area contributed by atoms with Crippen LogP contribution >= 0.6 is 0 Å². The molecule has 10 heteroatoms. The summed E-state index contributed by atoms with van der Waals surface area (Å²) in [5, 5.41) is 3.78. The average molecular weight is 556 g/mol. The molecular formula is C31H37N7O3. The third-order valence-corrected chi connectivity index (χ3v) is 7.36. The van der Waals surface area contributed by atoms with Gasteiger partial charge in [-0.3, -0.25) is 4.79 Å². The molecule has 4 heterocycles. The molecule has 6 rings (SSSR count). The Morgan fingerprint density at radius 3 is 2.51 bits per heavy atom. The summed E-state index contributed by atoms with van der Waals surface area (Å²) in [6.45, 7) is 13.1. The molecule has 214 valence electrons. The van der Waals surface area contributed by atoms with Crippen molar-refractivity contribution in [2.24, 2.45) is 0 Å². The molecule has 0 saturated heterocycles. The highest BCUT2D eigenvalue weighted by atomic mass is 16.6. The van der Waals surface area contributed by atoms with E-state index in [1.165, 1.54) is 5.56 Å². The van der Waals surface area contributed by atoms with E-state index in [0.717, 1.165) is 36.2 Å². The van der Waals surface area contributed by atoms with Gasteiger partial charge in [0.05, 0.1) is 6.04 Å². The first kappa shape index (κ1) is 27.0. The normalized spacial score (nSPS) is 15.6. The van der Waals surface area contributed by atoms with E-state index in [1.54, 1.807) is 15.8 Å². The Morgan fingerprint density at radius 1 is 1.02 bits per heavy atom. The topological polar surface area (TPSA) is 107 Å². The lowest BCUT2D eigenvalue weighted by atomic mass is 9.92. The number of nitrogens with zero attached hydrogens (tertiary/aromatic N) is 6. The minimum absolute atomic E-state index is 0.104. The molecule has 1 amide bonds. The third-order valence-electron chi connectivity index (χ3n) is 7.36. The number of benzene rings is 1. The second-order valence-corrected chi connectivity index (χ2v) is 13.0. The maximum Gasteiger partial charge on any atom is 0.410 e. The van der Waals surface area contributed by atoms with Gasteiger partial charge in [-0.1, -0.05) is 32.9 Å². The molecule has 3 aromatic heterocycles. The Bertz CT molecular complexity index is 1700.